The van der Waals surface area contributed by atoms with Crippen molar-refractivity contribution in [2.75, 3.05) is 13.1 Å². The van der Waals surface area contributed by atoms with E-state index in [1.54, 1.807) is 36.4 Å². The van der Waals surface area contributed by atoms with Gasteiger partial charge in [-0.1, -0.05) is 52.8 Å². The predicted octanol–water partition coefficient (Wildman–Crippen LogP) is 6.27. The normalized spacial score (nSPS) is 18.7. The first kappa shape index (κ1) is 23.2. The molecule has 0 unspecified atom stereocenters. The van der Waals surface area contributed by atoms with Crippen LogP contribution in [0.3, 0.4) is 0 Å². The van der Waals surface area contributed by atoms with Gasteiger partial charge in [0.05, 0.1) is 21.2 Å². The summed E-state index contributed by atoms with van der Waals surface area (Å²) in [5, 5.41) is 7.60. The molecule has 2 atom stereocenters. The van der Waals surface area contributed by atoms with Crippen molar-refractivity contribution in [2.45, 2.75) is 25.7 Å². The lowest BCUT2D eigenvalue weighted by atomic mass is 9.81. The van der Waals surface area contributed by atoms with Crippen molar-refractivity contribution in [3.63, 3.8) is 0 Å². The number of benzene rings is 2. The maximum Gasteiger partial charge on any atom is 0.252 e. The molecule has 2 amide bonds. The molecule has 1 fully saturated rings. The third-order valence-corrected chi connectivity index (χ3v) is 6.44. The van der Waals surface area contributed by atoms with Crippen molar-refractivity contribution in [3.05, 3.63) is 67.6 Å². The molecule has 2 N–H and O–H groups in total. The number of carbonyl (C=O) groups excluding carboxylic acids is 2. The minimum absolute atomic E-state index is 0.204. The molecule has 0 aromatic heterocycles. The molecule has 0 heterocycles. The summed E-state index contributed by atoms with van der Waals surface area (Å²) < 4.78 is 0. The maximum atomic E-state index is 12.4. The highest BCUT2D eigenvalue weighted by atomic mass is 35.5. The van der Waals surface area contributed by atoms with Crippen molar-refractivity contribution in [1.82, 2.24) is 10.6 Å². The van der Waals surface area contributed by atoms with E-state index in [1.165, 1.54) is 0 Å². The van der Waals surface area contributed by atoms with E-state index in [2.05, 4.69) is 10.6 Å². The number of hydrogen-bond acceptors (Lipinski definition) is 2. The number of nitrogens with one attached hydrogen (secondary N) is 2. The quantitative estimate of drug-likeness (QED) is 0.504. The van der Waals surface area contributed by atoms with Crippen LogP contribution in [-0.4, -0.2) is 24.9 Å². The Labute approximate surface area is 196 Å². The fraction of sp³-hybridized carbons (Fsp3) is 0.364. The van der Waals surface area contributed by atoms with Crippen LogP contribution in [0.4, 0.5) is 0 Å². The highest BCUT2D eigenvalue weighted by Gasteiger charge is 2.24. The molecule has 0 bridgehead atoms. The van der Waals surface area contributed by atoms with Gasteiger partial charge in [-0.3, -0.25) is 9.59 Å². The smallest absolute Gasteiger partial charge is 0.252 e. The molecule has 8 heteroatoms. The lowest BCUT2D eigenvalue weighted by Crippen LogP contribution is -2.35. The molecular formula is C22H22Cl4N2O2. The molecule has 0 radical (unpaired) electrons. The average molecular weight is 488 g/mol. The summed E-state index contributed by atoms with van der Waals surface area (Å²) in [6.45, 7) is 1.15. The molecule has 3 rings (SSSR count). The van der Waals surface area contributed by atoms with Gasteiger partial charge in [-0.15, -0.1) is 0 Å². The molecule has 30 heavy (non-hydrogen) atoms. The highest BCUT2D eigenvalue weighted by molar-refractivity contribution is 6.37. The van der Waals surface area contributed by atoms with E-state index < -0.39 is 0 Å². The second-order valence-electron chi connectivity index (χ2n) is 7.57. The van der Waals surface area contributed by atoms with Crippen LogP contribution in [0, 0.1) is 11.8 Å². The summed E-state index contributed by atoms with van der Waals surface area (Å²) in [5.74, 6) is 0.304. The van der Waals surface area contributed by atoms with Gasteiger partial charge in [-0.2, -0.15) is 0 Å². The molecule has 160 valence electrons. The first-order valence-corrected chi connectivity index (χ1v) is 11.3. The molecule has 0 aliphatic heterocycles. The van der Waals surface area contributed by atoms with Gasteiger partial charge in [0.2, 0.25) is 0 Å². The van der Waals surface area contributed by atoms with Crippen LogP contribution in [0.1, 0.15) is 46.4 Å². The van der Waals surface area contributed by atoms with Crippen LogP contribution in [-0.2, 0) is 0 Å². The van der Waals surface area contributed by atoms with Gasteiger partial charge in [0.15, 0.2) is 0 Å². The zero-order chi connectivity index (χ0) is 21.7. The van der Waals surface area contributed by atoms with Crippen LogP contribution in [0.5, 0.6) is 0 Å². The Kier molecular flexibility index (Phi) is 8.29. The van der Waals surface area contributed by atoms with E-state index in [0.717, 1.165) is 25.7 Å². The second kappa shape index (κ2) is 10.7. The first-order valence-electron chi connectivity index (χ1n) is 9.80. The first-order chi connectivity index (χ1) is 14.3. The standard InChI is InChI=1S/C22H22Cl4N2O2/c23-15-4-6-17(19(25)9-15)21(29)27-11-13-2-1-3-14(8-13)12-28-22(30)18-7-5-16(24)10-20(18)26/h4-7,9-10,13-14H,1-3,8,11-12H2,(H,27,29)(H,28,30)/t13-,14-/m1/s1. The van der Waals surface area contributed by atoms with Gasteiger partial charge in [0.1, 0.15) is 0 Å². The Morgan fingerprint density at radius 2 is 1.20 bits per heavy atom. The minimum Gasteiger partial charge on any atom is -0.352 e. The van der Waals surface area contributed by atoms with Crippen LogP contribution < -0.4 is 10.6 Å². The molecular weight excluding hydrogens is 466 g/mol. The van der Waals surface area contributed by atoms with Gasteiger partial charge in [-0.25, -0.2) is 0 Å². The topological polar surface area (TPSA) is 58.2 Å². The SMILES string of the molecule is O=C(NC[C@@H]1CCC[C@@H](CNC(=O)c2ccc(Cl)cc2Cl)C1)c1ccc(Cl)cc1Cl. The monoisotopic (exact) mass is 486 g/mol. The third-order valence-electron chi connectivity index (χ3n) is 5.35. The second-order valence-corrected chi connectivity index (χ2v) is 9.25. The lowest BCUT2D eigenvalue weighted by molar-refractivity contribution is 0.0935. The Morgan fingerprint density at radius 3 is 1.60 bits per heavy atom. The third kappa shape index (κ3) is 6.27. The minimum atomic E-state index is -0.204. The summed E-state index contributed by atoms with van der Waals surface area (Å²) in [5.41, 5.74) is 0.834. The van der Waals surface area contributed by atoms with E-state index in [4.69, 9.17) is 46.4 Å². The highest BCUT2D eigenvalue weighted by Crippen LogP contribution is 2.29. The van der Waals surface area contributed by atoms with Crippen molar-refractivity contribution in [2.24, 2.45) is 11.8 Å². The van der Waals surface area contributed by atoms with E-state index in [-0.39, 0.29) is 11.8 Å². The molecule has 0 spiro atoms. The maximum absolute atomic E-state index is 12.4. The largest absolute Gasteiger partial charge is 0.352 e. The molecule has 2 aromatic rings. The Bertz CT molecular complexity index is 862. The zero-order valence-electron chi connectivity index (χ0n) is 16.2. The van der Waals surface area contributed by atoms with Crippen molar-refractivity contribution < 1.29 is 9.59 Å². The molecule has 1 saturated carbocycles. The van der Waals surface area contributed by atoms with Gasteiger partial charge in [0, 0.05) is 23.1 Å². The number of halogens is 4. The van der Waals surface area contributed by atoms with Gasteiger partial charge >= 0.3 is 0 Å². The summed E-state index contributed by atoms with van der Waals surface area (Å²) in [6, 6.07) is 9.67. The van der Waals surface area contributed by atoms with E-state index in [0.29, 0.717) is 56.1 Å². The summed E-state index contributed by atoms with van der Waals surface area (Å²) in [7, 11) is 0. The molecule has 1 aliphatic rings. The van der Waals surface area contributed by atoms with Crippen molar-refractivity contribution >= 4 is 58.2 Å². The summed E-state index contributed by atoms with van der Waals surface area (Å²) >= 11 is 24.0. The molecule has 1 aliphatic carbocycles. The van der Waals surface area contributed by atoms with Gasteiger partial charge in [-0.05, 0) is 67.5 Å². The number of amides is 2. The number of hydrogen-bond donors (Lipinski definition) is 2. The zero-order valence-corrected chi connectivity index (χ0v) is 19.2. The fourth-order valence-electron chi connectivity index (χ4n) is 3.78. The van der Waals surface area contributed by atoms with E-state index >= 15 is 0 Å². The molecule has 2 aromatic carbocycles. The van der Waals surface area contributed by atoms with Gasteiger partial charge in [0.25, 0.3) is 11.8 Å². The van der Waals surface area contributed by atoms with Crippen molar-refractivity contribution in [3.8, 4) is 0 Å². The van der Waals surface area contributed by atoms with Crippen LogP contribution >= 0.6 is 46.4 Å². The summed E-state index contributed by atoms with van der Waals surface area (Å²) in [6.07, 6.45) is 4.08. The van der Waals surface area contributed by atoms with E-state index in [9.17, 15) is 9.59 Å². The van der Waals surface area contributed by atoms with Crippen LogP contribution in [0.2, 0.25) is 20.1 Å². The van der Waals surface area contributed by atoms with Crippen LogP contribution in [0.15, 0.2) is 36.4 Å². The van der Waals surface area contributed by atoms with E-state index in [1.807, 2.05) is 0 Å². The van der Waals surface area contributed by atoms with Crippen LogP contribution in [0.25, 0.3) is 0 Å². The number of carbonyl (C=O) groups is 2. The number of rotatable bonds is 6. The average Bonchev–Trinajstić information content (AvgIpc) is 2.70. The fourth-order valence-corrected chi connectivity index (χ4v) is 4.77. The predicted molar refractivity (Wildman–Crippen MR) is 123 cm³/mol. The van der Waals surface area contributed by atoms with Gasteiger partial charge < -0.3 is 10.6 Å². The molecule has 0 saturated heterocycles. The summed E-state index contributed by atoms with van der Waals surface area (Å²) in [4.78, 5) is 24.8. The Hall–Kier alpha value is -1.46. The van der Waals surface area contributed by atoms with Crippen molar-refractivity contribution in [1.29, 1.82) is 0 Å². The molecule has 4 nitrogen and oxygen atoms in total. The Morgan fingerprint density at radius 1 is 0.767 bits per heavy atom. The lowest BCUT2D eigenvalue weighted by Gasteiger charge is -2.29. The Balaban J connectivity index is 1.48.